The zero-order valence-corrected chi connectivity index (χ0v) is 10.4. The van der Waals surface area contributed by atoms with Crippen LogP contribution < -0.4 is 5.73 Å². The van der Waals surface area contributed by atoms with Crippen molar-refractivity contribution >= 4 is 11.1 Å². The molecule has 1 aliphatic heterocycles. The first-order valence-electron chi connectivity index (χ1n) is 6.37. The van der Waals surface area contributed by atoms with Crippen LogP contribution in [0.15, 0.2) is 22.6 Å². The fourth-order valence-electron chi connectivity index (χ4n) is 3.00. The number of fused-ring (bicyclic) bond motifs is 1. The van der Waals surface area contributed by atoms with Gasteiger partial charge in [-0.05, 0) is 30.5 Å². The number of benzene rings is 1. The number of aryl methyl sites for hydroxylation is 1. The number of hydrogen-bond donors (Lipinski definition) is 1. The van der Waals surface area contributed by atoms with Gasteiger partial charge in [-0.3, -0.25) is 0 Å². The predicted molar refractivity (Wildman–Crippen MR) is 67.4 cm³/mol. The van der Waals surface area contributed by atoms with Crippen molar-refractivity contribution in [3.63, 3.8) is 0 Å². The lowest BCUT2D eigenvalue weighted by molar-refractivity contribution is -0.0785. The van der Waals surface area contributed by atoms with Crippen molar-refractivity contribution < 1.29 is 9.15 Å². The summed E-state index contributed by atoms with van der Waals surface area (Å²) in [5.74, 6) is 0.704. The Balaban J connectivity index is 1.86. The molecular weight excluding hydrogens is 228 g/mol. The average Bonchev–Trinajstić information content (AvgIpc) is 2.88. The smallest absolute Gasteiger partial charge is 0.192 e. The first kappa shape index (κ1) is 10.5. The Kier molecular flexibility index (Phi) is 1.83. The molecule has 1 aromatic heterocycles. The van der Waals surface area contributed by atoms with Crippen molar-refractivity contribution in [2.75, 3.05) is 13.2 Å². The van der Waals surface area contributed by atoms with E-state index in [0.29, 0.717) is 5.89 Å². The molecule has 2 aliphatic rings. The highest BCUT2D eigenvalue weighted by molar-refractivity contribution is 5.74. The third-order valence-corrected chi connectivity index (χ3v) is 4.49. The number of oxazole rings is 1. The van der Waals surface area contributed by atoms with Crippen LogP contribution in [0.2, 0.25) is 0 Å². The van der Waals surface area contributed by atoms with E-state index in [0.717, 1.165) is 37.2 Å². The molecule has 2 fully saturated rings. The van der Waals surface area contributed by atoms with Crippen LogP contribution >= 0.6 is 0 Å². The fourth-order valence-corrected chi connectivity index (χ4v) is 3.00. The Morgan fingerprint density at radius 1 is 1.28 bits per heavy atom. The maximum Gasteiger partial charge on any atom is 0.192 e. The molecule has 2 heterocycles. The number of ether oxygens (including phenoxy) is 1. The summed E-state index contributed by atoms with van der Waals surface area (Å²) >= 11 is 0. The van der Waals surface area contributed by atoms with E-state index in [1.807, 2.05) is 13.0 Å². The zero-order chi connectivity index (χ0) is 12.4. The highest BCUT2D eigenvalue weighted by Gasteiger charge is 2.61. The molecule has 18 heavy (non-hydrogen) atoms. The van der Waals surface area contributed by atoms with Crippen molar-refractivity contribution in [2.24, 2.45) is 5.73 Å². The molecule has 4 nitrogen and oxygen atoms in total. The summed E-state index contributed by atoms with van der Waals surface area (Å²) in [6.07, 6.45) is 2.18. The first-order valence-corrected chi connectivity index (χ1v) is 6.37. The van der Waals surface area contributed by atoms with Gasteiger partial charge in [0, 0.05) is 12.5 Å². The molecule has 1 aliphatic carbocycles. The average molecular weight is 244 g/mol. The molecule has 1 saturated carbocycles. The van der Waals surface area contributed by atoms with Gasteiger partial charge in [-0.1, -0.05) is 6.07 Å². The van der Waals surface area contributed by atoms with Crippen LogP contribution in [0.25, 0.3) is 11.1 Å². The SMILES string of the molecule is Cc1nc2cc(C3(C4(N)CC4)COC3)ccc2o1. The summed E-state index contributed by atoms with van der Waals surface area (Å²) in [7, 11) is 0. The molecule has 2 aromatic rings. The molecule has 1 aromatic carbocycles. The van der Waals surface area contributed by atoms with E-state index in [1.165, 1.54) is 5.56 Å². The quantitative estimate of drug-likeness (QED) is 0.876. The molecule has 0 atom stereocenters. The lowest BCUT2D eigenvalue weighted by Crippen LogP contribution is -2.60. The van der Waals surface area contributed by atoms with Crippen molar-refractivity contribution in [1.29, 1.82) is 0 Å². The van der Waals surface area contributed by atoms with E-state index in [-0.39, 0.29) is 11.0 Å². The third-order valence-electron chi connectivity index (χ3n) is 4.49. The normalized spacial score (nSPS) is 23.9. The van der Waals surface area contributed by atoms with Gasteiger partial charge in [0.05, 0.1) is 18.6 Å². The van der Waals surface area contributed by atoms with Crippen molar-refractivity contribution in [3.8, 4) is 0 Å². The topological polar surface area (TPSA) is 61.3 Å². The predicted octanol–water partition coefficient (Wildman–Crippen LogP) is 1.90. The lowest BCUT2D eigenvalue weighted by atomic mass is 9.70. The maximum absolute atomic E-state index is 6.44. The Morgan fingerprint density at radius 3 is 2.67 bits per heavy atom. The van der Waals surface area contributed by atoms with Gasteiger partial charge in [0.1, 0.15) is 5.52 Å². The van der Waals surface area contributed by atoms with Gasteiger partial charge in [0.2, 0.25) is 0 Å². The van der Waals surface area contributed by atoms with E-state index >= 15 is 0 Å². The van der Waals surface area contributed by atoms with Crippen LogP contribution in [0, 0.1) is 6.92 Å². The second-order valence-corrected chi connectivity index (χ2v) is 5.65. The van der Waals surface area contributed by atoms with Gasteiger partial charge in [0.25, 0.3) is 0 Å². The third kappa shape index (κ3) is 1.19. The van der Waals surface area contributed by atoms with Crippen molar-refractivity contribution in [2.45, 2.75) is 30.7 Å². The molecule has 1 saturated heterocycles. The Bertz CT molecular complexity index is 624. The molecule has 4 rings (SSSR count). The lowest BCUT2D eigenvalue weighted by Gasteiger charge is -2.47. The monoisotopic (exact) mass is 244 g/mol. The second kappa shape index (κ2) is 3.13. The van der Waals surface area contributed by atoms with Gasteiger partial charge in [-0.2, -0.15) is 0 Å². The minimum absolute atomic E-state index is 0.00591. The van der Waals surface area contributed by atoms with Gasteiger partial charge >= 0.3 is 0 Å². The molecule has 2 N–H and O–H groups in total. The molecule has 94 valence electrons. The molecule has 0 bridgehead atoms. The van der Waals surface area contributed by atoms with E-state index in [4.69, 9.17) is 14.9 Å². The molecule has 0 unspecified atom stereocenters. The van der Waals surface area contributed by atoms with E-state index in [1.54, 1.807) is 0 Å². The number of hydrogen-bond acceptors (Lipinski definition) is 4. The van der Waals surface area contributed by atoms with Gasteiger partial charge in [-0.15, -0.1) is 0 Å². The highest BCUT2D eigenvalue weighted by atomic mass is 16.5. The van der Waals surface area contributed by atoms with E-state index in [9.17, 15) is 0 Å². The van der Waals surface area contributed by atoms with Crippen LogP contribution in [-0.2, 0) is 10.2 Å². The van der Waals surface area contributed by atoms with Crippen LogP contribution in [-0.4, -0.2) is 23.7 Å². The minimum atomic E-state index is -0.0717. The Labute approximate surface area is 105 Å². The minimum Gasteiger partial charge on any atom is -0.441 e. The number of nitrogens with zero attached hydrogens (tertiary/aromatic N) is 1. The molecule has 0 amide bonds. The number of rotatable bonds is 2. The van der Waals surface area contributed by atoms with Crippen LogP contribution in [0.5, 0.6) is 0 Å². The molecule has 0 radical (unpaired) electrons. The van der Waals surface area contributed by atoms with Gasteiger partial charge < -0.3 is 14.9 Å². The summed E-state index contributed by atoms with van der Waals surface area (Å²) in [6.45, 7) is 3.32. The standard InChI is InChI=1S/C14H16N2O2/c1-9-16-11-6-10(2-3-12(11)18-9)13(7-17-8-13)14(15)4-5-14/h2-3,6H,4-5,7-8,15H2,1H3. The number of aromatic nitrogens is 1. The van der Waals surface area contributed by atoms with Crippen molar-refractivity contribution in [1.82, 2.24) is 4.98 Å². The summed E-state index contributed by atoms with van der Waals surface area (Å²) in [6, 6.07) is 6.22. The fraction of sp³-hybridized carbons (Fsp3) is 0.500. The summed E-state index contributed by atoms with van der Waals surface area (Å²) in [4.78, 5) is 4.40. The van der Waals surface area contributed by atoms with E-state index < -0.39 is 0 Å². The molecule has 4 heteroatoms. The Morgan fingerprint density at radius 2 is 2.06 bits per heavy atom. The highest BCUT2D eigenvalue weighted by Crippen LogP contribution is 2.53. The molecule has 0 spiro atoms. The van der Waals surface area contributed by atoms with Crippen molar-refractivity contribution in [3.05, 3.63) is 29.7 Å². The number of nitrogens with two attached hydrogens (primary N) is 1. The maximum atomic E-state index is 6.44. The van der Waals surface area contributed by atoms with E-state index in [2.05, 4.69) is 17.1 Å². The van der Waals surface area contributed by atoms with Crippen LogP contribution in [0.1, 0.15) is 24.3 Å². The largest absolute Gasteiger partial charge is 0.441 e. The Hall–Kier alpha value is -1.39. The summed E-state index contributed by atoms with van der Waals surface area (Å²) in [5, 5.41) is 0. The molecular formula is C14H16N2O2. The van der Waals surface area contributed by atoms with Gasteiger partial charge in [0.15, 0.2) is 11.5 Å². The van der Waals surface area contributed by atoms with Crippen LogP contribution in [0.4, 0.5) is 0 Å². The summed E-state index contributed by atoms with van der Waals surface area (Å²) in [5.41, 5.74) is 9.37. The zero-order valence-electron chi connectivity index (χ0n) is 10.4. The second-order valence-electron chi connectivity index (χ2n) is 5.65. The summed E-state index contributed by atoms with van der Waals surface area (Å²) < 4.78 is 11.0. The van der Waals surface area contributed by atoms with Crippen LogP contribution in [0.3, 0.4) is 0 Å². The first-order chi connectivity index (χ1) is 8.63. The van der Waals surface area contributed by atoms with Gasteiger partial charge in [-0.25, -0.2) is 4.98 Å².